The van der Waals surface area contributed by atoms with Crippen LogP contribution >= 0.6 is 23.2 Å². The van der Waals surface area contributed by atoms with E-state index in [1.165, 1.54) is 12.1 Å². The molecule has 0 atom stereocenters. The van der Waals surface area contributed by atoms with Crippen LogP contribution < -0.4 is 0 Å². The van der Waals surface area contributed by atoms with Crippen LogP contribution in [0.15, 0.2) is 48.5 Å². The van der Waals surface area contributed by atoms with Gasteiger partial charge in [-0.3, -0.25) is 0 Å². The molecule has 0 saturated carbocycles. The Bertz CT molecular complexity index is 542. The molecule has 0 aliphatic heterocycles. The van der Waals surface area contributed by atoms with Crippen molar-refractivity contribution in [2.75, 3.05) is 0 Å². The largest absolute Gasteiger partial charge is 0.416 e. The highest BCUT2D eigenvalue weighted by atomic mass is 35.5. The molecule has 0 aliphatic rings. The second-order valence-electron chi connectivity index (χ2n) is 4.00. The molecular formula is C14H9Cl2F3. The summed E-state index contributed by atoms with van der Waals surface area (Å²) in [5, 5.41) is 0. The summed E-state index contributed by atoms with van der Waals surface area (Å²) in [7, 11) is 0. The van der Waals surface area contributed by atoms with E-state index in [1.807, 2.05) is 0 Å². The topological polar surface area (TPSA) is 0 Å². The number of rotatable bonds is 2. The Kier molecular flexibility index (Phi) is 4.07. The van der Waals surface area contributed by atoms with Gasteiger partial charge in [0.2, 0.25) is 0 Å². The third-order valence-corrected chi connectivity index (χ3v) is 3.21. The molecule has 2 aromatic carbocycles. The van der Waals surface area contributed by atoms with Crippen LogP contribution in [0.2, 0.25) is 0 Å². The Balaban J connectivity index is 2.27. The Morgan fingerprint density at radius 3 is 1.53 bits per heavy atom. The van der Waals surface area contributed by atoms with Crippen LogP contribution in [0, 0.1) is 0 Å². The van der Waals surface area contributed by atoms with Crippen molar-refractivity contribution in [1.82, 2.24) is 0 Å². The zero-order chi connectivity index (χ0) is 14.0. The van der Waals surface area contributed by atoms with E-state index in [1.54, 1.807) is 24.3 Å². The summed E-state index contributed by atoms with van der Waals surface area (Å²) >= 11 is 11.4. The van der Waals surface area contributed by atoms with Gasteiger partial charge < -0.3 is 0 Å². The van der Waals surface area contributed by atoms with E-state index in [0.29, 0.717) is 5.56 Å². The second-order valence-corrected chi connectivity index (χ2v) is 5.09. The lowest BCUT2D eigenvalue weighted by molar-refractivity contribution is -0.137. The van der Waals surface area contributed by atoms with Gasteiger partial charge in [0.1, 0.15) is 4.84 Å². The van der Waals surface area contributed by atoms with Crippen LogP contribution in [-0.2, 0) is 6.18 Å². The van der Waals surface area contributed by atoms with Crippen molar-refractivity contribution in [2.24, 2.45) is 0 Å². The predicted octanol–water partition coefficient (Wildman–Crippen LogP) is 5.85. The van der Waals surface area contributed by atoms with Gasteiger partial charge in [0.15, 0.2) is 0 Å². The molecule has 0 aromatic heterocycles. The monoisotopic (exact) mass is 304 g/mol. The molecule has 5 heteroatoms. The molecule has 0 aliphatic carbocycles. The van der Waals surface area contributed by atoms with E-state index in [0.717, 1.165) is 23.3 Å². The maximum absolute atomic E-state index is 12.4. The van der Waals surface area contributed by atoms with E-state index in [2.05, 4.69) is 0 Å². The number of halogens is 5. The first kappa shape index (κ1) is 14.2. The minimum absolute atomic E-state index is 0.610. The molecule has 0 nitrogen and oxygen atoms in total. The van der Waals surface area contributed by atoms with Crippen LogP contribution in [0.1, 0.15) is 16.0 Å². The van der Waals surface area contributed by atoms with Crippen molar-refractivity contribution in [3.8, 4) is 11.1 Å². The normalized spacial score (nSPS) is 11.9. The van der Waals surface area contributed by atoms with Crippen molar-refractivity contribution < 1.29 is 13.2 Å². The lowest BCUT2D eigenvalue weighted by Gasteiger charge is -2.08. The van der Waals surface area contributed by atoms with E-state index >= 15 is 0 Å². The van der Waals surface area contributed by atoms with Crippen LogP contribution in [-0.4, -0.2) is 0 Å². The molecular weight excluding hydrogens is 296 g/mol. The first-order valence-corrected chi connectivity index (χ1v) is 6.31. The SMILES string of the molecule is FC(F)(F)c1ccc(-c2ccc(C(Cl)Cl)cc2)cc1. The van der Waals surface area contributed by atoms with Gasteiger partial charge in [-0.1, -0.05) is 36.4 Å². The summed E-state index contributed by atoms with van der Waals surface area (Å²) in [5.74, 6) is 0. The van der Waals surface area contributed by atoms with Crippen LogP contribution in [0.3, 0.4) is 0 Å². The standard InChI is InChI=1S/C14H9Cl2F3/c15-13(16)11-3-1-9(2-4-11)10-5-7-12(8-6-10)14(17,18)19/h1-8,13H. The average molecular weight is 305 g/mol. The summed E-state index contributed by atoms with van der Waals surface area (Å²) in [6.45, 7) is 0. The average Bonchev–Trinajstić information content (AvgIpc) is 2.38. The van der Waals surface area contributed by atoms with Gasteiger partial charge in [-0.25, -0.2) is 0 Å². The lowest BCUT2D eigenvalue weighted by Crippen LogP contribution is -2.03. The molecule has 0 N–H and O–H groups in total. The van der Waals surface area contributed by atoms with Crippen LogP contribution in [0.4, 0.5) is 13.2 Å². The van der Waals surface area contributed by atoms with Crippen LogP contribution in [0.5, 0.6) is 0 Å². The van der Waals surface area contributed by atoms with Crippen LogP contribution in [0.25, 0.3) is 11.1 Å². The van der Waals surface area contributed by atoms with Crippen molar-refractivity contribution >= 4 is 23.2 Å². The fourth-order valence-electron chi connectivity index (χ4n) is 1.67. The van der Waals surface area contributed by atoms with Gasteiger partial charge in [-0.05, 0) is 28.8 Å². The van der Waals surface area contributed by atoms with Gasteiger partial charge in [0, 0.05) is 0 Å². The number of alkyl halides is 5. The molecule has 0 spiro atoms. The number of hydrogen-bond donors (Lipinski definition) is 0. The fraction of sp³-hybridized carbons (Fsp3) is 0.143. The Morgan fingerprint density at radius 2 is 1.16 bits per heavy atom. The van der Waals surface area contributed by atoms with E-state index in [9.17, 15) is 13.2 Å². The van der Waals surface area contributed by atoms with Crippen molar-refractivity contribution in [1.29, 1.82) is 0 Å². The molecule has 19 heavy (non-hydrogen) atoms. The summed E-state index contributed by atoms with van der Waals surface area (Å²) in [4.78, 5) is -0.610. The second kappa shape index (κ2) is 5.43. The maximum Gasteiger partial charge on any atom is 0.416 e. The zero-order valence-electron chi connectivity index (χ0n) is 9.59. The third kappa shape index (κ3) is 3.43. The fourth-order valence-corrected chi connectivity index (χ4v) is 1.96. The maximum atomic E-state index is 12.4. The Hall–Kier alpha value is -1.19. The highest BCUT2D eigenvalue weighted by Gasteiger charge is 2.29. The number of benzene rings is 2. The molecule has 2 aromatic rings. The van der Waals surface area contributed by atoms with Gasteiger partial charge in [-0.2, -0.15) is 13.2 Å². The van der Waals surface area contributed by atoms with Crippen molar-refractivity contribution in [2.45, 2.75) is 11.0 Å². The van der Waals surface area contributed by atoms with Gasteiger partial charge in [-0.15, -0.1) is 23.2 Å². The third-order valence-electron chi connectivity index (χ3n) is 2.71. The summed E-state index contributed by atoms with van der Waals surface area (Å²) in [6, 6.07) is 12.1. The highest BCUT2D eigenvalue weighted by Crippen LogP contribution is 2.32. The van der Waals surface area contributed by atoms with Gasteiger partial charge in [0.25, 0.3) is 0 Å². The molecule has 0 bridgehead atoms. The van der Waals surface area contributed by atoms with Crippen molar-refractivity contribution in [3.05, 3.63) is 59.7 Å². The van der Waals surface area contributed by atoms with E-state index in [-0.39, 0.29) is 0 Å². The van der Waals surface area contributed by atoms with E-state index < -0.39 is 16.6 Å². The van der Waals surface area contributed by atoms with Crippen molar-refractivity contribution in [3.63, 3.8) is 0 Å². The molecule has 0 amide bonds. The predicted molar refractivity (Wildman–Crippen MR) is 71.3 cm³/mol. The molecule has 100 valence electrons. The molecule has 2 rings (SSSR count). The van der Waals surface area contributed by atoms with E-state index in [4.69, 9.17) is 23.2 Å². The Labute approximate surface area is 118 Å². The smallest absolute Gasteiger partial charge is 0.166 e. The highest BCUT2D eigenvalue weighted by molar-refractivity contribution is 6.44. The number of hydrogen-bond acceptors (Lipinski definition) is 0. The lowest BCUT2D eigenvalue weighted by atomic mass is 10.0. The summed E-state index contributed by atoms with van der Waals surface area (Å²) in [6.07, 6.45) is -4.31. The molecule has 0 radical (unpaired) electrons. The molecule has 0 saturated heterocycles. The summed E-state index contributed by atoms with van der Waals surface area (Å²) < 4.78 is 37.3. The first-order chi connectivity index (χ1) is 8.88. The molecule has 0 unspecified atom stereocenters. The Morgan fingerprint density at radius 1 is 0.737 bits per heavy atom. The summed E-state index contributed by atoms with van der Waals surface area (Å²) in [5.41, 5.74) is 1.61. The minimum atomic E-state index is -4.31. The minimum Gasteiger partial charge on any atom is -0.166 e. The van der Waals surface area contributed by atoms with Gasteiger partial charge in [0.05, 0.1) is 5.56 Å². The quantitative estimate of drug-likeness (QED) is 0.611. The molecule has 0 heterocycles. The van der Waals surface area contributed by atoms with Gasteiger partial charge >= 0.3 is 6.18 Å². The molecule has 0 fully saturated rings. The zero-order valence-corrected chi connectivity index (χ0v) is 11.1. The first-order valence-electron chi connectivity index (χ1n) is 5.43.